The molecule has 3 heteroatoms. The fourth-order valence-electron chi connectivity index (χ4n) is 8.32. The summed E-state index contributed by atoms with van der Waals surface area (Å²) in [5.41, 5.74) is 9.76. The minimum absolute atomic E-state index is 0.659. The number of hydrogen-bond acceptors (Lipinski definition) is 2. The van der Waals surface area contributed by atoms with Crippen LogP contribution in [0.1, 0.15) is 0 Å². The minimum atomic E-state index is 0.659. The Hall–Kier alpha value is -7.10. The van der Waals surface area contributed by atoms with Gasteiger partial charge in [-0.25, -0.2) is 9.97 Å². The minimum Gasteiger partial charge on any atom is -0.278 e. The van der Waals surface area contributed by atoms with Crippen molar-refractivity contribution in [2.75, 3.05) is 0 Å². The van der Waals surface area contributed by atoms with Gasteiger partial charge in [-0.05, 0) is 91.0 Å². The first-order valence-electron chi connectivity index (χ1n) is 18.1. The summed E-state index contributed by atoms with van der Waals surface area (Å²) in [4.78, 5) is 10.6. The maximum absolute atomic E-state index is 5.37. The fourth-order valence-corrected chi connectivity index (χ4v) is 8.32. The number of nitrogens with zero attached hydrogens (tertiary/aromatic N) is 3. The van der Waals surface area contributed by atoms with E-state index in [1.54, 1.807) is 0 Å². The van der Waals surface area contributed by atoms with E-state index in [1.807, 2.05) is 0 Å². The van der Waals surface area contributed by atoms with Crippen LogP contribution >= 0.6 is 0 Å². The van der Waals surface area contributed by atoms with Gasteiger partial charge in [-0.3, -0.25) is 4.57 Å². The van der Waals surface area contributed by atoms with E-state index >= 15 is 0 Å². The number of benzene rings is 9. The van der Waals surface area contributed by atoms with Gasteiger partial charge in [-0.15, -0.1) is 0 Å². The van der Waals surface area contributed by atoms with Crippen molar-refractivity contribution in [3.05, 3.63) is 188 Å². The first-order valence-corrected chi connectivity index (χ1v) is 18.1. The van der Waals surface area contributed by atoms with Gasteiger partial charge in [-0.2, -0.15) is 0 Å². The predicted molar refractivity (Wildman–Crippen MR) is 223 cm³/mol. The van der Waals surface area contributed by atoms with Crippen LogP contribution in [0.4, 0.5) is 0 Å². The molecule has 0 radical (unpaired) electrons. The van der Waals surface area contributed by atoms with Crippen LogP contribution in [-0.4, -0.2) is 14.5 Å². The van der Waals surface area contributed by atoms with Crippen LogP contribution in [0.3, 0.4) is 0 Å². The van der Waals surface area contributed by atoms with Crippen LogP contribution in [-0.2, 0) is 0 Å². The van der Waals surface area contributed by atoms with Gasteiger partial charge in [0.05, 0.1) is 22.2 Å². The normalized spacial score (nSPS) is 11.8. The lowest BCUT2D eigenvalue weighted by Crippen LogP contribution is -2.03. The topological polar surface area (TPSA) is 30.7 Å². The smallest absolute Gasteiger partial charge is 0.235 e. The van der Waals surface area contributed by atoms with Crippen LogP contribution in [0.15, 0.2) is 188 Å². The molecule has 3 nitrogen and oxygen atoms in total. The molecular weight excluding hydrogens is 643 g/mol. The molecule has 0 aliphatic carbocycles. The molecule has 0 fully saturated rings. The lowest BCUT2D eigenvalue weighted by molar-refractivity contribution is 1.01. The summed E-state index contributed by atoms with van der Waals surface area (Å²) in [7, 11) is 0. The third kappa shape index (κ3) is 4.68. The zero-order chi connectivity index (χ0) is 34.9. The molecule has 0 N–H and O–H groups in total. The molecule has 246 valence electrons. The fraction of sp³-hybridized carbons (Fsp3) is 0. The lowest BCUT2D eigenvalue weighted by Gasteiger charge is -2.13. The Balaban J connectivity index is 1.11. The van der Waals surface area contributed by atoms with Crippen LogP contribution in [0.2, 0.25) is 0 Å². The summed E-state index contributed by atoms with van der Waals surface area (Å²) in [6.45, 7) is 0. The van der Waals surface area contributed by atoms with Crippen LogP contribution in [0.25, 0.3) is 104 Å². The molecule has 0 bridgehead atoms. The molecule has 0 saturated carbocycles. The number of para-hydroxylation sites is 2. The summed E-state index contributed by atoms with van der Waals surface area (Å²) < 4.78 is 2.23. The summed E-state index contributed by atoms with van der Waals surface area (Å²) in [6.07, 6.45) is 0. The molecule has 0 spiro atoms. The van der Waals surface area contributed by atoms with Crippen molar-refractivity contribution >= 4 is 65.0 Å². The van der Waals surface area contributed by atoms with E-state index in [9.17, 15) is 0 Å². The van der Waals surface area contributed by atoms with E-state index in [-0.39, 0.29) is 0 Å². The second kappa shape index (κ2) is 11.7. The van der Waals surface area contributed by atoms with E-state index in [0.29, 0.717) is 5.95 Å². The van der Waals surface area contributed by atoms with E-state index in [2.05, 4.69) is 193 Å². The Morgan fingerprint density at radius 3 is 1.55 bits per heavy atom. The van der Waals surface area contributed by atoms with Crippen molar-refractivity contribution < 1.29 is 0 Å². The third-order valence-electron chi connectivity index (χ3n) is 10.8. The van der Waals surface area contributed by atoms with Gasteiger partial charge < -0.3 is 0 Å². The molecular formula is C50H31N3. The van der Waals surface area contributed by atoms with Gasteiger partial charge in [0.25, 0.3) is 0 Å². The molecule has 0 aliphatic rings. The molecule has 9 aromatic carbocycles. The molecule has 11 aromatic rings. The van der Waals surface area contributed by atoms with Crippen LogP contribution in [0, 0.1) is 0 Å². The molecule has 0 atom stereocenters. The second-order valence-electron chi connectivity index (χ2n) is 13.8. The Kier molecular flexibility index (Phi) is 6.55. The highest BCUT2D eigenvalue weighted by Gasteiger charge is 2.18. The molecule has 0 aliphatic heterocycles. The van der Waals surface area contributed by atoms with Crippen molar-refractivity contribution in [3.8, 4) is 39.5 Å². The Labute approximate surface area is 306 Å². The predicted octanol–water partition coefficient (Wildman–Crippen LogP) is 13.2. The summed E-state index contributed by atoms with van der Waals surface area (Å²) in [6, 6.07) is 67.4. The molecule has 0 unspecified atom stereocenters. The van der Waals surface area contributed by atoms with Crippen molar-refractivity contribution in [1.82, 2.24) is 14.5 Å². The van der Waals surface area contributed by atoms with Gasteiger partial charge >= 0.3 is 0 Å². The Morgan fingerprint density at radius 2 is 0.792 bits per heavy atom. The zero-order valence-electron chi connectivity index (χ0n) is 28.7. The van der Waals surface area contributed by atoms with Crippen molar-refractivity contribution in [3.63, 3.8) is 0 Å². The molecule has 53 heavy (non-hydrogen) atoms. The standard InChI is InChI=1S/C50H31N3/c1-2-13-32(14-3-1)33-15-12-16-36(29-33)49-43-22-8-10-23-46(43)51-50(52-49)53-47-24-11-9-21-42(47)45-31-35(26-28-48(45)53)34-25-27-41-39-19-5-4-17-37(39)38-18-6-7-20-40(38)44(41)30-34/h1-31H. The Morgan fingerprint density at radius 1 is 0.283 bits per heavy atom. The van der Waals surface area contributed by atoms with E-state index in [0.717, 1.165) is 38.8 Å². The van der Waals surface area contributed by atoms with E-state index in [4.69, 9.17) is 9.97 Å². The van der Waals surface area contributed by atoms with Gasteiger partial charge in [0.2, 0.25) is 5.95 Å². The zero-order valence-corrected chi connectivity index (χ0v) is 28.7. The van der Waals surface area contributed by atoms with Crippen LogP contribution < -0.4 is 0 Å². The van der Waals surface area contributed by atoms with E-state index < -0.39 is 0 Å². The highest BCUT2D eigenvalue weighted by Crippen LogP contribution is 2.40. The summed E-state index contributed by atoms with van der Waals surface area (Å²) >= 11 is 0. The van der Waals surface area contributed by atoms with Gasteiger partial charge in [0.15, 0.2) is 0 Å². The lowest BCUT2D eigenvalue weighted by atomic mass is 9.92. The molecule has 2 aromatic heterocycles. The second-order valence-corrected chi connectivity index (χ2v) is 13.8. The largest absolute Gasteiger partial charge is 0.278 e. The molecule has 0 saturated heterocycles. The summed E-state index contributed by atoms with van der Waals surface area (Å²) in [5, 5.41) is 11.1. The average molecular weight is 674 g/mol. The number of hydrogen-bond donors (Lipinski definition) is 0. The number of fused-ring (bicyclic) bond motifs is 10. The maximum Gasteiger partial charge on any atom is 0.235 e. The van der Waals surface area contributed by atoms with Crippen molar-refractivity contribution in [1.29, 1.82) is 0 Å². The Bertz CT molecular complexity index is 3190. The van der Waals surface area contributed by atoms with Crippen molar-refractivity contribution in [2.24, 2.45) is 0 Å². The van der Waals surface area contributed by atoms with Crippen LogP contribution in [0.5, 0.6) is 0 Å². The van der Waals surface area contributed by atoms with Gasteiger partial charge in [0, 0.05) is 21.7 Å². The molecule has 11 rings (SSSR count). The first-order chi connectivity index (χ1) is 26.3. The van der Waals surface area contributed by atoms with E-state index in [1.165, 1.54) is 59.8 Å². The monoisotopic (exact) mass is 673 g/mol. The van der Waals surface area contributed by atoms with Crippen molar-refractivity contribution in [2.45, 2.75) is 0 Å². The average Bonchev–Trinajstić information content (AvgIpc) is 3.57. The SMILES string of the molecule is c1ccc(-c2cccc(-c3nc(-n4c5ccccc5c5cc(-c6ccc7c8ccccc8c8ccccc8c7c6)ccc54)nc4ccccc34)c2)cc1. The molecule has 0 amide bonds. The number of rotatable bonds is 4. The highest BCUT2D eigenvalue weighted by molar-refractivity contribution is 6.25. The quantitative estimate of drug-likeness (QED) is 0.174. The highest BCUT2D eigenvalue weighted by atomic mass is 15.2. The van der Waals surface area contributed by atoms with Gasteiger partial charge in [0.1, 0.15) is 0 Å². The molecule has 2 heterocycles. The number of aromatic nitrogens is 3. The maximum atomic E-state index is 5.37. The third-order valence-corrected chi connectivity index (χ3v) is 10.8. The first kappa shape index (κ1) is 29.6. The summed E-state index contributed by atoms with van der Waals surface area (Å²) in [5.74, 6) is 0.659. The van der Waals surface area contributed by atoms with Gasteiger partial charge in [-0.1, -0.05) is 152 Å².